The fourth-order valence-electron chi connectivity index (χ4n) is 2.06. The first kappa shape index (κ1) is 15.9. The number of hydrogen-bond donors (Lipinski definition) is 0. The number of rotatable bonds is 2. The maximum atomic E-state index is 12.4. The summed E-state index contributed by atoms with van der Waals surface area (Å²) < 4.78 is 17.8. The predicted molar refractivity (Wildman–Crippen MR) is 79.4 cm³/mol. The Morgan fingerprint density at radius 2 is 2.10 bits per heavy atom. The van der Waals surface area contributed by atoms with Gasteiger partial charge in [0.25, 0.3) is 0 Å². The summed E-state index contributed by atoms with van der Waals surface area (Å²) in [5, 5.41) is 8.25. The molecule has 1 saturated heterocycles. The van der Waals surface area contributed by atoms with Gasteiger partial charge in [0.1, 0.15) is 10.6 Å². The Morgan fingerprint density at radius 1 is 1.38 bits per heavy atom. The number of hydrogen-bond acceptors (Lipinski definition) is 5. The second kappa shape index (κ2) is 6.09. The molecule has 1 aromatic heterocycles. The average Bonchev–Trinajstić information content (AvgIpc) is 2.86. The van der Waals surface area contributed by atoms with Crippen molar-refractivity contribution in [2.45, 2.75) is 50.0 Å². The van der Waals surface area contributed by atoms with E-state index in [2.05, 4.69) is 10.2 Å². The summed E-state index contributed by atoms with van der Waals surface area (Å²) in [5.74, 6) is 0. The zero-order valence-electron chi connectivity index (χ0n) is 12.8. The molecule has 0 N–H and O–H groups in total. The molecule has 0 spiro atoms. The molecule has 0 aromatic carbocycles. The normalized spacial score (nSPS) is 20.4. The Labute approximate surface area is 127 Å². The number of aromatic nitrogens is 2. The van der Waals surface area contributed by atoms with Gasteiger partial charge in [0.15, 0.2) is 0 Å². The van der Waals surface area contributed by atoms with Crippen molar-refractivity contribution >= 4 is 16.9 Å². The van der Waals surface area contributed by atoms with Gasteiger partial charge < -0.3 is 9.64 Å². The topological polar surface area (TPSA) is 72.4 Å². The summed E-state index contributed by atoms with van der Waals surface area (Å²) in [4.78, 5) is 13.6. The summed E-state index contributed by atoms with van der Waals surface area (Å²) in [7, 11) is -1.25. The SMILES string of the molecule is Cc1ccc([S@](=O)[C@H]2CCN(C(=O)OC(C)(C)C)C2)nn1. The Balaban J connectivity index is 1.97. The van der Waals surface area contributed by atoms with Crippen LogP contribution < -0.4 is 0 Å². The van der Waals surface area contributed by atoms with Gasteiger partial charge in [0.2, 0.25) is 0 Å². The van der Waals surface area contributed by atoms with Crippen molar-refractivity contribution in [3.8, 4) is 0 Å². The Bertz CT molecular complexity index is 539. The number of carbonyl (C=O) groups excluding carboxylic acids is 1. The molecule has 2 heterocycles. The van der Waals surface area contributed by atoms with Gasteiger partial charge in [-0.05, 0) is 46.2 Å². The number of likely N-dealkylation sites (tertiary alicyclic amines) is 1. The second-order valence-corrected chi connectivity index (χ2v) is 7.83. The molecule has 0 bridgehead atoms. The summed E-state index contributed by atoms with van der Waals surface area (Å²) in [5.41, 5.74) is 0.272. The lowest BCUT2D eigenvalue weighted by Gasteiger charge is -2.24. The summed E-state index contributed by atoms with van der Waals surface area (Å²) in [6.07, 6.45) is 0.332. The first-order valence-electron chi connectivity index (χ1n) is 6.95. The molecule has 0 aliphatic carbocycles. The Morgan fingerprint density at radius 3 is 2.67 bits per heavy atom. The van der Waals surface area contributed by atoms with E-state index in [9.17, 15) is 9.00 Å². The van der Waals surface area contributed by atoms with Crippen LogP contribution in [0.5, 0.6) is 0 Å². The van der Waals surface area contributed by atoms with E-state index >= 15 is 0 Å². The minimum atomic E-state index is -1.25. The lowest BCUT2D eigenvalue weighted by Crippen LogP contribution is -2.36. The van der Waals surface area contributed by atoms with E-state index in [1.165, 1.54) is 0 Å². The third kappa shape index (κ3) is 4.23. The van der Waals surface area contributed by atoms with E-state index in [-0.39, 0.29) is 11.3 Å². The van der Waals surface area contributed by atoms with Crippen molar-refractivity contribution in [2.24, 2.45) is 0 Å². The van der Waals surface area contributed by atoms with Crippen LogP contribution in [-0.4, -0.2) is 49.3 Å². The van der Waals surface area contributed by atoms with E-state index in [1.807, 2.05) is 27.7 Å². The minimum absolute atomic E-state index is 0.116. The molecule has 2 rings (SSSR count). The molecule has 1 amide bonds. The highest BCUT2D eigenvalue weighted by molar-refractivity contribution is 7.85. The minimum Gasteiger partial charge on any atom is -0.444 e. The van der Waals surface area contributed by atoms with Gasteiger partial charge in [-0.2, -0.15) is 5.10 Å². The molecular weight excluding hydrogens is 290 g/mol. The maximum absolute atomic E-state index is 12.4. The molecule has 1 fully saturated rings. The maximum Gasteiger partial charge on any atom is 0.410 e. The van der Waals surface area contributed by atoms with Gasteiger partial charge in [0.05, 0.1) is 21.7 Å². The van der Waals surface area contributed by atoms with Gasteiger partial charge >= 0.3 is 6.09 Å². The van der Waals surface area contributed by atoms with E-state index in [0.29, 0.717) is 24.5 Å². The highest BCUT2D eigenvalue weighted by atomic mass is 32.2. The summed E-state index contributed by atoms with van der Waals surface area (Å²) in [6.45, 7) is 8.32. The Hall–Kier alpha value is -1.50. The van der Waals surface area contributed by atoms with Crippen LogP contribution in [0.1, 0.15) is 32.9 Å². The van der Waals surface area contributed by atoms with Gasteiger partial charge in [-0.3, -0.25) is 4.21 Å². The average molecular weight is 311 g/mol. The van der Waals surface area contributed by atoms with Gasteiger partial charge in [0, 0.05) is 13.1 Å². The standard InChI is InChI=1S/C14H21N3O3S/c1-10-5-6-12(16-15-10)21(19)11-7-8-17(9-11)13(18)20-14(2,3)4/h5-6,11H,7-9H2,1-4H3/t11-,21+/m0/s1. The van der Waals surface area contributed by atoms with Crippen molar-refractivity contribution in [1.29, 1.82) is 0 Å². The molecule has 0 saturated carbocycles. The molecule has 1 aliphatic heterocycles. The zero-order chi connectivity index (χ0) is 15.6. The van der Waals surface area contributed by atoms with Crippen LogP contribution in [0.25, 0.3) is 0 Å². The highest BCUT2D eigenvalue weighted by Gasteiger charge is 2.33. The summed E-state index contributed by atoms with van der Waals surface area (Å²) >= 11 is 0. The van der Waals surface area contributed by atoms with Crippen LogP contribution in [0.2, 0.25) is 0 Å². The molecule has 1 aromatic rings. The molecule has 6 nitrogen and oxygen atoms in total. The fraction of sp³-hybridized carbons (Fsp3) is 0.643. The van der Waals surface area contributed by atoms with Crippen molar-refractivity contribution in [3.05, 3.63) is 17.8 Å². The lowest BCUT2D eigenvalue weighted by atomic mass is 10.2. The molecule has 0 radical (unpaired) electrons. The molecule has 7 heteroatoms. The third-order valence-corrected chi connectivity index (χ3v) is 4.70. The first-order valence-corrected chi connectivity index (χ1v) is 8.16. The van der Waals surface area contributed by atoms with E-state index in [1.54, 1.807) is 17.0 Å². The first-order chi connectivity index (χ1) is 9.76. The van der Waals surface area contributed by atoms with Crippen LogP contribution in [0.4, 0.5) is 4.79 Å². The smallest absolute Gasteiger partial charge is 0.410 e. The Kier molecular flexibility index (Phi) is 4.61. The lowest BCUT2D eigenvalue weighted by molar-refractivity contribution is 0.0295. The molecular formula is C14H21N3O3S. The third-order valence-electron chi connectivity index (χ3n) is 3.08. The quantitative estimate of drug-likeness (QED) is 0.834. The second-order valence-electron chi connectivity index (χ2n) is 6.15. The molecule has 1 aliphatic rings. The van der Waals surface area contributed by atoms with Crippen molar-refractivity contribution in [1.82, 2.24) is 15.1 Å². The van der Waals surface area contributed by atoms with Crippen LogP contribution in [-0.2, 0) is 15.5 Å². The molecule has 0 unspecified atom stereocenters. The largest absolute Gasteiger partial charge is 0.444 e. The van der Waals surface area contributed by atoms with E-state index < -0.39 is 16.4 Å². The van der Waals surface area contributed by atoms with Crippen molar-refractivity contribution in [3.63, 3.8) is 0 Å². The number of nitrogens with zero attached hydrogens (tertiary/aromatic N) is 3. The van der Waals surface area contributed by atoms with Gasteiger partial charge in [-0.15, -0.1) is 5.10 Å². The number of amides is 1. The van der Waals surface area contributed by atoms with Crippen molar-refractivity contribution < 1.29 is 13.7 Å². The van der Waals surface area contributed by atoms with Gasteiger partial charge in [-0.1, -0.05) is 0 Å². The fourth-order valence-corrected chi connectivity index (χ4v) is 3.36. The predicted octanol–water partition coefficient (Wildman–Crippen LogP) is 1.90. The molecule has 2 atom stereocenters. The van der Waals surface area contributed by atoms with E-state index in [0.717, 1.165) is 5.69 Å². The molecule has 116 valence electrons. The number of carbonyl (C=O) groups is 1. The van der Waals surface area contributed by atoms with E-state index in [4.69, 9.17) is 4.74 Å². The monoisotopic (exact) mass is 311 g/mol. The van der Waals surface area contributed by atoms with Crippen molar-refractivity contribution in [2.75, 3.05) is 13.1 Å². The van der Waals surface area contributed by atoms with Crippen LogP contribution in [0.3, 0.4) is 0 Å². The zero-order valence-corrected chi connectivity index (χ0v) is 13.6. The highest BCUT2D eigenvalue weighted by Crippen LogP contribution is 2.21. The number of aryl methyl sites for hydroxylation is 1. The van der Waals surface area contributed by atoms with Crippen LogP contribution >= 0.6 is 0 Å². The van der Waals surface area contributed by atoms with Crippen LogP contribution in [0, 0.1) is 6.92 Å². The number of ether oxygens (including phenoxy) is 1. The summed E-state index contributed by atoms with van der Waals surface area (Å²) in [6, 6.07) is 3.52. The van der Waals surface area contributed by atoms with Gasteiger partial charge in [-0.25, -0.2) is 4.79 Å². The van der Waals surface area contributed by atoms with Crippen LogP contribution in [0.15, 0.2) is 17.2 Å². The molecule has 21 heavy (non-hydrogen) atoms.